The van der Waals surface area contributed by atoms with E-state index in [-0.39, 0.29) is 5.97 Å². The van der Waals surface area contributed by atoms with Crippen LogP contribution in [0, 0.1) is 0 Å². The number of nitrogens with zero attached hydrogens (tertiary/aromatic N) is 2. The minimum absolute atomic E-state index is 0.353. The van der Waals surface area contributed by atoms with Crippen molar-refractivity contribution in [2.24, 2.45) is 4.40 Å². The highest BCUT2D eigenvalue weighted by Gasteiger charge is 2.22. The van der Waals surface area contributed by atoms with Gasteiger partial charge in [-0.25, -0.2) is 4.79 Å². The number of likely N-dealkylation sites (N-methyl/N-ethyl adjacent to an activating group) is 1. The van der Waals surface area contributed by atoms with E-state index in [4.69, 9.17) is 4.74 Å². The molecular formula is C12H13BrN2O2S2. The molecule has 0 saturated carbocycles. The largest absolute Gasteiger partial charge is 0.464 e. The van der Waals surface area contributed by atoms with Gasteiger partial charge in [-0.1, -0.05) is 6.92 Å². The molecule has 0 bridgehead atoms. The molecule has 4 nitrogen and oxygen atoms in total. The number of hydrogen-bond donors (Lipinski definition) is 0. The standard InChI is InChI=1S/C12H13BrN2O2S2/c1-4-10-7(13)5-11(18-10)8-6-9(12(16)17-3)15(2)19-14-8/h5-6H,4H2,1-3H3. The zero-order valence-corrected chi connectivity index (χ0v) is 14.0. The predicted molar refractivity (Wildman–Crippen MR) is 83.4 cm³/mol. The number of allylic oxidation sites excluding steroid dienone is 1. The molecule has 0 spiro atoms. The van der Waals surface area contributed by atoms with Gasteiger partial charge in [0.15, 0.2) is 0 Å². The van der Waals surface area contributed by atoms with Crippen LogP contribution in [0.1, 0.15) is 16.7 Å². The molecular weight excluding hydrogens is 348 g/mol. The zero-order valence-electron chi connectivity index (χ0n) is 10.8. The highest BCUT2D eigenvalue weighted by Crippen LogP contribution is 2.32. The first-order chi connectivity index (χ1) is 9.06. The van der Waals surface area contributed by atoms with E-state index in [0.29, 0.717) is 5.70 Å². The summed E-state index contributed by atoms with van der Waals surface area (Å²) in [4.78, 5) is 14.0. The highest BCUT2D eigenvalue weighted by atomic mass is 79.9. The first-order valence-corrected chi connectivity index (χ1v) is 7.98. The van der Waals surface area contributed by atoms with Gasteiger partial charge in [0, 0.05) is 16.4 Å². The second-order valence-electron chi connectivity index (χ2n) is 3.81. The van der Waals surface area contributed by atoms with Crippen LogP contribution < -0.4 is 0 Å². The maximum absolute atomic E-state index is 11.7. The summed E-state index contributed by atoms with van der Waals surface area (Å²) in [5.41, 5.74) is 1.30. The maximum atomic E-state index is 11.7. The van der Waals surface area contributed by atoms with E-state index >= 15 is 0 Å². The van der Waals surface area contributed by atoms with E-state index in [1.54, 1.807) is 28.8 Å². The van der Waals surface area contributed by atoms with Crippen LogP contribution >= 0.6 is 39.4 Å². The number of carbonyl (C=O) groups excluding carboxylic acids is 1. The molecule has 0 amide bonds. The summed E-state index contributed by atoms with van der Waals surface area (Å²) in [5, 5.41) is 0. The Hall–Kier alpha value is -0.790. The van der Waals surface area contributed by atoms with Crippen molar-refractivity contribution >= 4 is 51.1 Å². The molecule has 7 heteroatoms. The predicted octanol–water partition coefficient (Wildman–Crippen LogP) is 3.43. The number of esters is 1. The molecule has 1 aliphatic heterocycles. The number of halogens is 1. The van der Waals surface area contributed by atoms with Crippen LogP contribution in [0.15, 0.2) is 26.7 Å². The topological polar surface area (TPSA) is 41.9 Å². The lowest BCUT2D eigenvalue weighted by Crippen LogP contribution is -2.22. The Morgan fingerprint density at radius 1 is 1.58 bits per heavy atom. The van der Waals surface area contributed by atoms with E-state index in [1.807, 2.05) is 6.07 Å². The number of thiophene rings is 1. The van der Waals surface area contributed by atoms with Gasteiger partial charge in [-0.15, -0.1) is 11.3 Å². The summed E-state index contributed by atoms with van der Waals surface area (Å²) in [5.74, 6) is -0.353. The van der Waals surface area contributed by atoms with Crippen LogP contribution in [0.25, 0.3) is 0 Å². The Labute approximate surface area is 128 Å². The molecule has 0 saturated heterocycles. The second-order valence-corrected chi connectivity index (χ2v) is 6.70. The first kappa shape index (κ1) is 14.6. The second kappa shape index (κ2) is 6.11. The Kier molecular flexibility index (Phi) is 4.70. The highest BCUT2D eigenvalue weighted by molar-refractivity contribution is 9.10. The molecule has 0 unspecified atom stereocenters. The minimum Gasteiger partial charge on any atom is -0.464 e. The fraction of sp³-hybridized carbons (Fsp3) is 0.333. The number of ether oxygens (including phenoxy) is 1. The van der Waals surface area contributed by atoms with Gasteiger partial charge in [0.05, 0.1) is 29.8 Å². The minimum atomic E-state index is -0.353. The van der Waals surface area contributed by atoms with Crippen molar-refractivity contribution in [1.29, 1.82) is 0 Å². The SMILES string of the molecule is CCc1sc(C2=NSN(C)C(C(=O)OC)=C2)cc1Br. The van der Waals surface area contributed by atoms with Crippen molar-refractivity contribution in [2.45, 2.75) is 13.3 Å². The molecule has 0 radical (unpaired) electrons. The summed E-state index contributed by atoms with van der Waals surface area (Å²) in [6, 6.07) is 2.04. The molecule has 0 fully saturated rings. The Balaban J connectivity index is 2.35. The molecule has 0 N–H and O–H groups in total. The lowest BCUT2D eigenvalue weighted by Gasteiger charge is -2.20. The van der Waals surface area contributed by atoms with Gasteiger partial charge in [0.1, 0.15) is 5.70 Å². The van der Waals surface area contributed by atoms with Gasteiger partial charge in [0.25, 0.3) is 0 Å². The van der Waals surface area contributed by atoms with Crippen LogP contribution in [0.5, 0.6) is 0 Å². The van der Waals surface area contributed by atoms with Gasteiger partial charge >= 0.3 is 5.97 Å². The van der Waals surface area contributed by atoms with E-state index in [1.165, 1.54) is 24.1 Å². The van der Waals surface area contributed by atoms with Gasteiger partial charge in [-0.3, -0.25) is 4.31 Å². The third kappa shape index (κ3) is 3.04. The van der Waals surface area contributed by atoms with Gasteiger partial charge in [-0.05, 0) is 34.5 Å². The smallest absolute Gasteiger partial charge is 0.355 e. The third-order valence-electron chi connectivity index (χ3n) is 2.60. The van der Waals surface area contributed by atoms with Crippen LogP contribution in [-0.2, 0) is 16.0 Å². The van der Waals surface area contributed by atoms with E-state index in [0.717, 1.165) is 21.5 Å². The number of aryl methyl sites for hydroxylation is 1. The monoisotopic (exact) mass is 360 g/mol. The van der Waals surface area contributed by atoms with E-state index < -0.39 is 0 Å². The maximum Gasteiger partial charge on any atom is 0.355 e. The first-order valence-electron chi connectivity index (χ1n) is 5.64. The van der Waals surface area contributed by atoms with Crippen molar-refractivity contribution in [3.63, 3.8) is 0 Å². The van der Waals surface area contributed by atoms with Gasteiger partial charge in [0.2, 0.25) is 0 Å². The summed E-state index contributed by atoms with van der Waals surface area (Å²) in [6.45, 7) is 2.11. The molecule has 2 rings (SSSR count). The van der Waals surface area contributed by atoms with Crippen molar-refractivity contribution in [1.82, 2.24) is 4.31 Å². The summed E-state index contributed by atoms with van der Waals surface area (Å²) >= 11 is 6.46. The fourth-order valence-corrected chi connectivity index (χ4v) is 4.07. The van der Waals surface area contributed by atoms with Crippen molar-refractivity contribution in [2.75, 3.05) is 14.2 Å². The molecule has 1 aromatic rings. The lowest BCUT2D eigenvalue weighted by atomic mass is 10.2. The normalized spacial score (nSPS) is 15.1. The number of rotatable bonds is 3. The average Bonchev–Trinajstić information content (AvgIpc) is 2.79. The average molecular weight is 361 g/mol. The molecule has 0 aliphatic carbocycles. The van der Waals surface area contributed by atoms with Crippen LogP contribution in [-0.4, -0.2) is 30.1 Å². The Bertz CT molecular complexity index is 566. The molecule has 1 aromatic heterocycles. The molecule has 19 heavy (non-hydrogen) atoms. The Morgan fingerprint density at radius 3 is 2.89 bits per heavy atom. The van der Waals surface area contributed by atoms with Gasteiger partial charge in [-0.2, -0.15) is 4.40 Å². The summed E-state index contributed by atoms with van der Waals surface area (Å²) in [7, 11) is 3.17. The molecule has 1 aliphatic rings. The van der Waals surface area contributed by atoms with E-state index in [9.17, 15) is 4.79 Å². The quantitative estimate of drug-likeness (QED) is 0.611. The summed E-state index contributed by atoms with van der Waals surface area (Å²) < 4.78 is 12.0. The van der Waals surface area contributed by atoms with Crippen LogP contribution in [0.4, 0.5) is 0 Å². The number of methoxy groups -OCH3 is 1. The lowest BCUT2D eigenvalue weighted by molar-refractivity contribution is -0.137. The van der Waals surface area contributed by atoms with Gasteiger partial charge < -0.3 is 4.74 Å². The van der Waals surface area contributed by atoms with Crippen molar-refractivity contribution < 1.29 is 9.53 Å². The summed E-state index contributed by atoms with van der Waals surface area (Å²) in [6.07, 6.45) is 2.74. The van der Waals surface area contributed by atoms with Crippen molar-refractivity contribution in [3.8, 4) is 0 Å². The zero-order chi connectivity index (χ0) is 14.0. The van der Waals surface area contributed by atoms with Crippen molar-refractivity contribution in [3.05, 3.63) is 32.1 Å². The van der Waals surface area contributed by atoms with Crippen LogP contribution in [0.2, 0.25) is 0 Å². The Morgan fingerprint density at radius 2 is 2.32 bits per heavy atom. The van der Waals surface area contributed by atoms with E-state index in [2.05, 4.69) is 27.3 Å². The number of carbonyl (C=O) groups is 1. The number of hydrogen-bond acceptors (Lipinski definition) is 6. The molecule has 102 valence electrons. The molecule has 0 atom stereocenters. The molecule has 0 aromatic carbocycles. The van der Waals surface area contributed by atoms with Crippen LogP contribution in [0.3, 0.4) is 0 Å². The third-order valence-corrected chi connectivity index (χ3v) is 5.59. The fourth-order valence-electron chi connectivity index (χ4n) is 1.58. The molecule has 2 heterocycles.